The zero-order chi connectivity index (χ0) is 15.1. The van der Waals surface area contributed by atoms with Crippen molar-refractivity contribution in [2.45, 2.75) is 19.9 Å². The monoisotopic (exact) mass is 274 g/mol. The molecule has 0 spiro atoms. The summed E-state index contributed by atoms with van der Waals surface area (Å²) in [4.78, 5) is 23.5. The van der Waals surface area contributed by atoms with Crippen LogP contribution in [0.4, 0.5) is 0 Å². The number of aliphatic hydroxyl groups excluding tert-OH is 1. The molecule has 0 aliphatic heterocycles. The van der Waals surface area contributed by atoms with Gasteiger partial charge in [0, 0.05) is 18.2 Å². The first kappa shape index (κ1) is 15.7. The fourth-order valence-corrected chi connectivity index (χ4v) is 1.64. The first-order valence-electron chi connectivity index (χ1n) is 6.22. The molecule has 0 aliphatic carbocycles. The summed E-state index contributed by atoms with van der Waals surface area (Å²) in [5.74, 6) is 4.69. The van der Waals surface area contributed by atoms with Crippen molar-refractivity contribution in [3.05, 3.63) is 34.9 Å². The highest BCUT2D eigenvalue weighted by Gasteiger charge is 2.16. The Labute approximate surface area is 118 Å². The molecule has 3 N–H and O–H groups in total. The Hall–Kier alpha value is -2.32. The summed E-state index contributed by atoms with van der Waals surface area (Å²) in [5, 5.41) is 13.8. The lowest BCUT2D eigenvalue weighted by atomic mass is 10.0. The number of benzene rings is 1. The van der Waals surface area contributed by atoms with E-state index in [0.717, 1.165) is 5.56 Å². The maximum absolute atomic E-state index is 12.1. The molecule has 0 aromatic heterocycles. The van der Waals surface area contributed by atoms with Gasteiger partial charge in [0.25, 0.3) is 5.91 Å². The van der Waals surface area contributed by atoms with Crippen molar-refractivity contribution in [3.63, 3.8) is 0 Å². The van der Waals surface area contributed by atoms with Crippen molar-refractivity contribution in [2.75, 3.05) is 13.7 Å². The molecule has 0 aliphatic rings. The zero-order valence-corrected chi connectivity index (χ0v) is 11.8. The van der Waals surface area contributed by atoms with Crippen LogP contribution < -0.4 is 10.6 Å². The molecule has 2 amide bonds. The molecule has 5 nitrogen and oxygen atoms in total. The summed E-state index contributed by atoms with van der Waals surface area (Å²) in [7, 11) is 1.52. The lowest BCUT2D eigenvalue weighted by Crippen LogP contribution is -2.43. The number of rotatable bonds is 3. The molecule has 1 aromatic carbocycles. The van der Waals surface area contributed by atoms with Crippen molar-refractivity contribution < 1.29 is 14.7 Å². The summed E-state index contributed by atoms with van der Waals surface area (Å²) >= 11 is 0. The molecule has 106 valence electrons. The van der Waals surface area contributed by atoms with Crippen LogP contribution in [0.5, 0.6) is 0 Å². The van der Waals surface area contributed by atoms with Crippen LogP contribution in [0.2, 0.25) is 0 Å². The van der Waals surface area contributed by atoms with Crippen LogP contribution in [0.15, 0.2) is 18.2 Å². The molecule has 0 radical (unpaired) electrons. The first-order valence-corrected chi connectivity index (χ1v) is 6.22. The smallest absolute Gasteiger partial charge is 0.252 e. The molecular formula is C15H18N2O3. The Morgan fingerprint density at radius 2 is 2.10 bits per heavy atom. The molecule has 1 atom stereocenters. The molecule has 0 heterocycles. The summed E-state index contributed by atoms with van der Waals surface area (Å²) < 4.78 is 0. The maximum Gasteiger partial charge on any atom is 0.252 e. The second-order valence-corrected chi connectivity index (χ2v) is 4.30. The molecule has 0 fully saturated rings. The predicted molar refractivity (Wildman–Crippen MR) is 76.1 cm³/mol. The van der Waals surface area contributed by atoms with Crippen LogP contribution >= 0.6 is 0 Å². The van der Waals surface area contributed by atoms with Gasteiger partial charge in [-0.25, -0.2) is 0 Å². The van der Waals surface area contributed by atoms with Gasteiger partial charge >= 0.3 is 0 Å². The van der Waals surface area contributed by atoms with E-state index in [-0.39, 0.29) is 18.4 Å². The predicted octanol–water partition coefficient (Wildman–Crippen LogP) is 0.203. The normalized spacial score (nSPS) is 11.0. The van der Waals surface area contributed by atoms with Gasteiger partial charge < -0.3 is 15.7 Å². The van der Waals surface area contributed by atoms with Gasteiger partial charge in [-0.2, -0.15) is 0 Å². The summed E-state index contributed by atoms with van der Waals surface area (Å²) in [6, 6.07) is 4.58. The number of amides is 2. The number of nitrogens with one attached hydrogen (secondary N) is 2. The van der Waals surface area contributed by atoms with E-state index in [1.54, 1.807) is 25.1 Å². The highest BCUT2D eigenvalue weighted by molar-refractivity contribution is 5.98. The van der Waals surface area contributed by atoms with Crippen molar-refractivity contribution >= 4 is 11.8 Å². The standard InChI is InChI=1S/C15H18N2O3/c1-10-6-7-12(5-4-8-18)9-13(10)15(20)17-11(2)14(19)16-3/h6-7,9,11,18H,8H2,1-3H3,(H,16,19)(H,17,20). The van der Waals surface area contributed by atoms with Crippen LogP contribution in [0.3, 0.4) is 0 Å². The third-order valence-corrected chi connectivity index (χ3v) is 2.78. The van der Waals surface area contributed by atoms with Crippen LogP contribution in [-0.4, -0.2) is 36.6 Å². The van der Waals surface area contributed by atoms with Gasteiger partial charge in [-0.3, -0.25) is 9.59 Å². The second-order valence-electron chi connectivity index (χ2n) is 4.30. The Morgan fingerprint density at radius 1 is 1.40 bits per heavy atom. The van der Waals surface area contributed by atoms with Gasteiger partial charge in [0.1, 0.15) is 12.6 Å². The minimum absolute atomic E-state index is 0.233. The van der Waals surface area contributed by atoms with Crippen LogP contribution in [-0.2, 0) is 4.79 Å². The number of carbonyl (C=O) groups excluding carboxylic acids is 2. The van der Waals surface area contributed by atoms with Crippen molar-refractivity contribution in [3.8, 4) is 11.8 Å². The lowest BCUT2D eigenvalue weighted by molar-refractivity contribution is -0.122. The van der Waals surface area contributed by atoms with Gasteiger partial charge in [-0.05, 0) is 31.5 Å². The van der Waals surface area contributed by atoms with E-state index in [0.29, 0.717) is 11.1 Å². The summed E-state index contributed by atoms with van der Waals surface area (Å²) in [5.41, 5.74) is 1.90. The van der Waals surface area contributed by atoms with Gasteiger partial charge in [0.15, 0.2) is 0 Å². The summed E-state index contributed by atoms with van der Waals surface area (Å²) in [6.45, 7) is 3.19. The second kappa shape index (κ2) is 7.31. The number of hydrogen-bond acceptors (Lipinski definition) is 3. The zero-order valence-electron chi connectivity index (χ0n) is 11.8. The SMILES string of the molecule is CNC(=O)C(C)NC(=O)c1cc(C#CCO)ccc1C. The quantitative estimate of drug-likeness (QED) is 0.689. The van der Waals surface area contributed by atoms with Crippen LogP contribution in [0.1, 0.15) is 28.4 Å². The third-order valence-electron chi connectivity index (χ3n) is 2.78. The number of likely N-dealkylation sites (N-methyl/N-ethyl adjacent to an activating group) is 1. The minimum atomic E-state index is -0.612. The molecule has 5 heteroatoms. The van der Waals surface area contributed by atoms with E-state index in [1.165, 1.54) is 7.05 Å². The number of hydrogen-bond donors (Lipinski definition) is 3. The minimum Gasteiger partial charge on any atom is -0.384 e. The van der Waals surface area contributed by atoms with Gasteiger partial charge in [0.05, 0.1) is 0 Å². The highest BCUT2D eigenvalue weighted by atomic mass is 16.2. The molecule has 1 aromatic rings. The molecule has 1 unspecified atom stereocenters. The number of aliphatic hydroxyl groups is 1. The van der Waals surface area contributed by atoms with Gasteiger partial charge in [0.2, 0.25) is 5.91 Å². The fraction of sp³-hybridized carbons (Fsp3) is 0.333. The highest BCUT2D eigenvalue weighted by Crippen LogP contribution is 2.11. The molecular weight excluding hydrogens is 256 g/mol. The Kier molecular flexibility index (Phi) is 5.75. The van der Waals surface area contributed by atoms with E-state index in [2.05, 4.69) is 22.5 Å². The molecule has 20 heavy (non-hydrogen) atoms. The van der Waals surface area contributed by atoms with E-state index in [4.69, 9.17) is 5.11 Å². The van der Waals surface area contributed by atoms with Gasteiger partial charge in [-0.15, -0.1) is 0 Å². The maximum atomic E-state index is 12.1. The van der Waals surface area contributed by atoms with E-state index < -0.39 is 6.04 Å². The van der Waals surface area contributed by atoms with Crippen LogP contribution in [0.25, 0.3) is 0 Å². The van der Waals surface area contributed by atoms with Crippen molar-refractivity contribution in [1.29, 1.82) is 0 Å². The average Bonchev–Trinajstić information content (AvgIpc) is 2.45. The van der Waals surface area contributed by atoms with E-state index in [9.17, 15) is 9.59 Å². The Balaban J connectivity index is 2.94. The fourth-order valence-electron chi connectivity index (χ4n) is 1.64. The largest absolute Gasteiger partial charge is 0.384 e. The molecule has 1 rings (SSSR count). The topological polar surface area (TPSA) is 78.4 Å². The molecule has 0 saturated heterocycles. The summed E-state index contributed by atoms with van der Waals surface area (Å²) in [6.07, 6.45) is 0. The van der Waals surface area contributed by atoms with E-state index in [1.807, 2.05) is 6.92 Å². The molecule has 0 bridgehead atoms. The Bertz CT molecular complexity index is 570. The average molecular weight is 274 g/mol. The van der Waals surface area contributed by atoms with Gasteiger partial charge in [-0.1, -0.05) is 17.9 Å². The molecule has 0 saturated carbocycles. The third kappa shape index (κ3) is 4.11. The van der Waals surface area contributed by atoms with Crippen LogP contribution in [0, 0.1) is 18.8 Å². The van der Waals surface area contributed by atoms with Crippen molar-refractivity contribution in [1.82, 2.24) is 10.6 Å². The Morgan fingerprint density at radius 3 is 2.70 bits per heavy atom. The number of carbonyl (C=O) groups is 2. The van der Waals surface area contributed by atoms with E-state index >= 15 is 0 Å². The van der Waals surface area contributed by atoms with Crippen molar-refractivity contribution in [2.24, 2.45) is 0 Å². The first-order chi connectivity index (χ1) is 9.49. The lowest BCUT2D eigenvalue weighted by Gasteiger charge is -2.13. The number of aryl methyl sites for hydroxylation is 1.